The Balaban J connectivity index is 1.49. The minimum Gasteiger partial charge on any atom is -0.489 e. The molecule has 1 amide bonds. The molecule has 42 heavy (non-hydrogen) atoms. The van der Waals surface area contributed by atoms with E-state index in [1.165, 1.54) is 25.7 Å². The second kappa shape index (κ2) is 13.7. The second-order valence-corrected chi connectivity index (χ2v) is 11.2. The molecule has 1 aliphatic carbocycles. The van der Waals surface area contributed by atoms with Gasteiger partial charge < -0.3 is 23.7 Å². The van der Waals surface area contributed by atoms with Gasteiger partial charge in [-0.25, -0.2) is 9.59 Å². The van der Waals surface area contributed by atoms with Crippen molar-refractivity contribution in [2.24, 2.45) is 0 Å². The Labute approximate surface area is 254 Å². The standard InChI is InChI=1S/C32H31Cl2NO7/c1-32(2,3)42-31(37)35-28(30(36)38-4)16-23-18-39-19-29(41-23)25-11-6-5-10-24(25)21-8-7-9-22(15-21)40-17-20-12-13-26(33)27(34)14-20/h5-9,11-16,18-19,24H,10,17H2,1-4H3,(H,35,37)/t24-/m1/s1. The lowest BCUT2D eigenvalue weighted by Crippen LogP contribution is -2.34. The van der Waals surface area contributed by atoms with E-state index in [4.69, 9.17) is 46.9 Å². The molecule has 220 valence electrons. The summed E-state index contributed by atoms with van der Waals surface area (Å²) in [6, 6.07) is 13.2. The zero-order valence-corrected chi connectivity index (χ0v) is 25.1. The minimum absolute atomic E-state index is 0.0679. The van der Waals surface area contributed by atoms with Gasteiger partial charge in [-0.3, -0.25) is 5.32 Å². The average Bonchev–Trinajstić information content (AvgIpc) is 2.96. The highest BCUT2D eigenvalue weighted by Gasteiger charge is 2.26. The summed E-state index contributed by atoms with van der Waals surface area (Å²) in [4.78, 5) is 24.7. The summed E-state index contributed by atoms with van der Waals surface area (Å²) >= 11 is 12.2. The number of benzene rings is 2. The van der Waals surface area contributed by atoms with Gasteiger partial charge in [0.1, 0.15) is 36.2 Å². The van der Waals surface area contributed by atoms with Crippen LogP contribution in [0.2, 0.25) is 10.0 Å². The number of esters is 1. The molecule has 1 atom stereocenters. The number of alkyl carbamates (subject to hydrolysis) is 1. The van der Waals surface area contributed by atoms with Crippen molar-refractivity contribution in [1.82, 2.24) is 5.32 Å². The van der Waals surface area contributed by atoms with E-state index in [9.17, 15) is 9.59 Å². The van der Waals surface area contributed by atoms with Crippen LogP contribution in [-0.2, 0) is 30.3 Å². The van der Waals surface area contributed by atoms with Crippen LogP contribution >= 0.6 is 23.2 Å². The number of carbonyl (C=O) groups excluding carboxylic acids is 2. The fourth-order valence-electron chi connectivity index (χ4n) is 4.16. The average molecular weight is 613 g/mol. The molecular weight excluding hydrogens is 581 g/mol. The van der Waals surface area contributed by atoms with Crippen LogP contribution in [0.25, 0.3) is 0 Å². The lowest BCUT2D eigenvalue weighted by molar-refractivity contribution is -0.136. The molecule has 1 heterocycles. The van der Waals surface area contributed by atoms with Crippen LogP contribution in [-0.4, -0.2) is 24.8 Å². The van der Waals surface area contributed by atoms with E-state index in [0.717, 1.165) is 16.7 Å². The molecule has 10 heteroatoms. The molecule has 0 radical (unpaired) electrons. The summed E-state index contributed by atoms with van der Waals surface area (Å²) in [6.07, 6.45) is 9.97. The van der Waals surface area contributed by atoms with Gasteiger partial charge in [-0.05, 0) is 62.6 Å². The van der Waals surface area contributed by atoms with Crippen LogP contribution in [0.15, 0.2) is 102 Å². The first-order valence-corrected chi connectivity index (χ1v) is 13.9. The van der Waals surface area contributed by atoms with Gasteiger partial charge in [0.15, 0.2) is 11.5 Å². The molecule has 2 aromatic rings. The minimum atomic E-state index is -0.811. The van der Waals surface area contributed by atoms with E-state index in [0.29, 0.717) is 34.6 Å². The van der Waals surface area contributed by atoms with Gasteiger partial charge in [-0.15, -0.1) is 0 Å². The van der Waals surface area contributed by atoms with Gasteiger partial charge in [0.25, 0.3) is 0 Å². The largest absolute Gasteiger partial charge is 0.489 e. The Morgan fingerprint density at radius 3 is 2.64 bits per heavy atom. The summed E-state index contributed by atoms with van der Waals surface area (Å²) in [5.74, 6) is 0.471. The predicted octanol–water partition coefficient (Wildman–Crippen LogP) is 7.85. The van der Waals surface area contributed by atoms with E-state index in [2.05, 4.69) is 11.4 Å². The van der Waals surface area contributed by atoms with E-state index in [1.807, 2.05) is 42.5 Å². The van der Waals surface area contributed by atoms with Gasteiger partial charge in [0.2, 0.25) is 0 Å². The summed E-state index contributed by atoms with van der Waals surface area (Å²) in [7, 11) is 1.21. The monoisotopic (exact) mass is 611 g/mol. The topological polar surface area (TPSA) is 92.3 Å². The molecular formula is C32H31Cl2NO7. The van der Waals surface area contributed by atoms with E-state index in [-0.39, 0.29) is 17.4 Å². The summed E-state index contributed by atoms with van der Waals surface area (Å²) in [5.41, 5.74) is 1.83. The van der Waals surface area contributed by atoms with Crippen LogP contribution in [0.4, 0.5) is 4.79 Å². The fourth-order valence-corrected chi connectivity index (χ4v) is 4.48. The summed E-state index contributed by atoms with van der Waals surface area (Å²) in [5, 5.41) is 3.38. The lowest BCUT2D eigenvalue weighted by Gasteiger charge is -2.26. The first kappa shape index (κ1) is 30.8. The zero-order chi connectivity index (χ0) is 30.3. The molecule has 2 aliphatic rings. The smallest absolute Gasteiger partial charge is 0.412 e. The van der Waals surface area contributed by atoms with Crippen molar-refractivity contribution in [2.75, 3.05) is 7.11 Å². The number of carbonyl (C=O) groups is 2. The van der Waals surface area contributed by atoms with Crippen LogP contribution < -0.4 is 10.1 Å². The molecule has 0 unspecified atom stereocenters. The molecule has 1 N–H and O–H groups in total. The summed E-state index contributed by atoms with van der Waals surface area (Å²) in [6.45, 7) is 5.47. The number of nitrogens with one attached hydrogen (secondary N) is 1. The zero-order valence-electron chi connectivity index (χ0n) is 23.6. The van der Waals surface area contributed by atoms with Crippen LogP contribution in [0.3, 0.4) is 0 Å². The SMILES string of the molecule is COC(=O)C(=CC1=COC=C(C2=CC=CC[C@@H]2c2cccc(OCc3ccc(Cl)c(Cl)c3)c2)O1)NC(=O)OC(C)(C)C. The fraction of sp³-hybridized carbons (Fsp3) is 0.250. The Hall–Kier alpha value is -4.14. The second-order valence-electron chi connectivity index (χ2n) is 10.4. The van der Waals surface area contributed by atoms with Gasteiger partial charge in [-0.2, -0.15) is 0 Å². The first-order chi connectivity index (χ1) is 20.0. The van der Waals surface area contributed by atoms with Crippen molar-refractivity contribution in [3.05, 3.63) is 123 Å². The molecule has 0 spiro atoms. The third-order valence-electron chi connectivity index (χ3n) is 6.01. The Morgan fingerprint density at radius 1 is 1.10 bits per heavy atom. The number of hydrogen-bond donors (Lipinski definition) is 1. The van der Waals surface area contributed by atoms with Crippen molar-refractivity contribution in [2.45, 2.75) is 45.3 Å². The number of methoxy groups -OCH3 is 1. The van der Waals surface area contributed by atoms with Crippen LogP contribution in [0.1, 0.15) is 44.2 Å². The maximum atomic E-state index is 12.4. The molecule has 0 bridgehead atoms. The highest BCUT2D eigenvalue weighted by molar-refractivity contribution is 6.42. The molecule has 1 aliphatic heterocycles. The molecule has 0 saturated carbocycles. The molecule has 0 saturated heterocycles. The van der Waals surface area contributed by atoms with Gasteiger partial charge in [0.05, 0.1) is 17.2 Å². The molecule has 0 fully saturated rings. The number of halogens is 2. The third kappa shape index (κ3) is 8.44. The normalized spacial score (nSPS) is 16.7. The van der Waals surface area contributed by atoms with Crippen LogP contribution in [0, 0.1) is 0 Å². The van der Waals surface area contributed by atoms with E-state index >= 15 is 0 Å². The third-order valence-corrected chi connectivity index (χ3v) is 6.75. The van der Waals surface area contributed by atoms with Crippen molar-refractivity contribution >= 4 is 35.3 Å². The number of ether oxygens (including phenoxy) is 5. The Morgan fingerprint density at radius 2 is 1.90 bits per heavy atom. The first-order valence-electron chi connectivity index (χ1n) is 13.1. The summed E-state index contributed by atoms with van der Waals surface area (Å²) < 4.78 is 27.8. The van der Waals surface area contributed by atoms with Crippen molar-refractivity contribution < 1.29 is 33.3 Å². The predicted molar refractivity (Wildman–Crippen MR) is 160 cm³/mol. The quantitative estimate of drug-likeness (QED) is 0.240. The molecule has 8 nitrogen and oxygen atoms in total. The van der Waals surface area contributed by atoms with Crippen molar-refractivity contribution in [3.8, 4) is 5.75 Å². The molecule has 0 aromatic heterocycles. The maximum absolute atomic E-state index is 12.4. The van der Waals surface area contributed by atoms with Crippen molar-refractivity contribution in [3.63, 3.8) is 0 Å². The Kier molecular flexibility index (Phi) is 10.0. The highest BCUT2D eigenvalue weighted by atomic mass is 35.5. The highest BCUT2D eigenvalue weighted by Crippen LogP contribution is 2.39. The number of hydrogen-bond acceptors (Lipinski definition) is 7. The molecule has 4 rings (SSSR count). The number of allylic oxidation sites excluding steroid dienone is 5. The lowest BCUT2D eigenvalue weighted by atomic mass is 9.84. The number of amides is 1. The van der Waals surface area contributed by atoms with Crippen molar-refractivity contribution in [1.29, 1.82) is 0 Å². The van der Waals surface area contributed by atoms with Crippen LogP contribution in [0.5, 0.6) is 5.75 Å². The van der Waals surface area contributed by atoms with Gasteiger partial charge in [-0.1, -0.05) is 59.6 Å². The van der Waals surface area contributed by atoms with Gasteiger partial charge >= 0.3 is 12.1 Å². The maximum Gasteiger partial charge on any atom is 0.412 e. The van der Waals surface area contributed by atoms with E-state index in [1.54, 1.807) is 32.9 Å². The Bertz CT molecular complexity index is 1500. The molecule has 2 aromatic carbocycles. The number of rotatable bonds is 8. The van der Waals surface area contributed by atoms with Gasteiger partial charge in [0, 0.05) is 17.6 Å². The van der Waals surface area contributed by atoms with E-state index < -0.39 is 17.7 Å².